The standard InChI is InChI=1S/C25H17F2N3S.C20H15F2N3.C5H4OS.C4H8O.CH4.Cl3OP/c26-19-9-8-18(21(27)15-19)16-30-24-6-2-1-5-22(24)29-25(30)23-14-17(11-12-28-23)7-10-20-4-3-13-31-20;1-13-8-9-23-18(10-13)20-24-17-4-2-3-5-19(17)25(20)12-14-6-7-15(21)11-16(14)22;6-4-5-2-1-3-7-5;1-2-4-5-3-1;;1-5(2,3)4/h1-15H,16H2;2-11H,12H2,1H3;1-4H;1-4H2;1H4;/b10-7+;;;;;. The summed E-state index contributed by atoms with van der Waals surface area (Å²) in [5, 5.41) is 0.693. The average molecular weight is 1120 g/mol. The molecular formula is C55H48Cl3F4N6O3PS2. The first kappa shape index (κ1) is 57.0. The highest BCUT2D eigenvalue weighted by Crippen LogP contribution is 2.61. The maximum atomic E-state index is 14.4. The number of ether oxygens (including phenoxy) is 1. The van der Waals surface area contributed by atoms with Crippen LogP contribution in [0.4, 0.5) is 17.6 Å². The van der Waals surface area contributed by atoms with E-state index in [9.17, 15) is 26.9 Å². The molecule has 11 rings (SSSR count). The highest BCUT2D eigenvalue weighted by molar-refractivity contribution is 8.24. The summed E-state index contributed by atoms with van der Waals surface area (Å²) in [5.41, 5.74) is 7.60. The number of carbonyl (C=O) groups is 1. The summed E-state index contributed by atoms with van der Waals surface area (Å²) in [6, 6.07) is 38.1. The van der Waals surface area contributed by atoms with Crippen LogP contribution in [0, 0.1) is 30.2 Å². The van der Waals surface area contributed by atoms with Crippen LogP contribution in [-0.4, -0.2) is 48.6 Å². The van der Waals surface area contributed by atoms with E-state index in [1.54, 1.807) is 29.8 Å². The molecule has 0 saturated carbocycles. The number of hydrogen-bond acceptors (Lipinski definition) is 9. The van der Waals surface area contributed by atoms with Crippen LogP contribution in [0.5, 0.6) is 0 Å². The Kier molecular flexibility index (Phi) is 21.4. The summed E-state index contributed by atoms with van der Waals surface area (Å²) in [6.45, 7) is 4.45. The van der Waals surface area contributed by atoms with Crippen molar-refractivity contribution in [3.8, 4) is 23.0 Å². The Morgan fingerprint density at radius 3 is 1.54 bits per heavy atom. The number of aromatic nitrogens is 6. The first-order valence-electron chi connectivity index (χ1n) is 22.4. The largest absolute Gasteiger partial charge is 0.381 e. The Hall–Kier alpha value is -6.29. The van der Waals surface area contributed by atoms with Crippen LogP contribution in [0.1, 0.15) is 57.1 Å². The third-order valence-corrected chi connectivity index (χ3v) is 12.3. The maximum absolute atomic E-state index is 14.4. The van der Waals surface area contributed by atoms with E-state index in [0.29, 0.717) is 28.5 Å². The summed E-state index contributed by atoms with van der Waals surface area (Å²) in [4.78, 5) is 30.2. The number of carbonyl (C=O) groups excluding carboxylic acids is 1. The zero-order valence-corrected chi connectivity index (χ0v) is 43.6. The van der Waals surface area contributed by atoms with Crippen LogP contribution >= 0.6 is 61.6 Å². The topological polar surface area (TPSA) is 105 Å². The van der Waals surface area contributed by atoms with Gasteiger partial charge in [-0.2, -0.15) is 0 Å². The number of aldehydes is 1. The van der Waals surface area contributed by atoms with Crippen LogP contribution in [0.2, 0.25) is 0 Å². The van der Waals surface area contributed by atoms with Crippen LogP contribution in [0.25, 0.3) is 57.3 Å². The molecule has 9 nitrogen and oxygen atoms in total. The van der Waals surface area contributed by atoms with Gasteiger partial charge in [0, 0.05) is 53.7 Å². The summed E-state index contributed by atoms with van der Waals surface area (Å²) in [7, 11) is 0. The quantitative estimate of drug-likeness (QED) is 0.0805. The number of nitrogens with zero attached hydrogens (tertiary/aromatic N) is 6. The van der Waals surface area contributed by atoms with Crippen molar-refractivity contribution in [3.63, 3.8) is 0 Å². The van der Waals surface area contributed by atoms with Crippen molar-refractivity contribution in [2.45, 2.75) is 40.3 Å². The van der Waals surface area contributed by atoms with Gasteiger partial charge in [-0.1, -0.05) is 62.0 Å². The van der Waals surface area contributed by atoms with E-state index in [1.165, 1.54) is 48.4 Å². The number of para-hydroxylation sites is 4. The molecule has 4 aromatic carbocycles. The lowest BCUT2D eigenvalue weighted by Gasteiger charge is -2.10. The highest BCUT2D eigenvalue weighted by Gasteiger charge is 2.18. The minimum atomic E-state index is -3.22. The number of rotatable bonds is 9. The van der Waals surface area contributed by atoms with E-state index in [1.807, 2.05) is 118 Å². The van der Waals surface area contributed by atoms with Gasteiger partial charge in [0.1, 0.15) is 34.7 Å². The van der Waals surface area contributed by atoms with Crippen molar-refractivity contribution in [1.82, 2.24) is 29.1 Å². The van der Waals surface area contributed by atoms with Crippen molar-refractivity contribution in [1.29, 1.82) is 0 Å². The fourth-order valence-electron chi connectivity index (χ4n) is 7.27. The summed E-state index contributed by atoms with van der Waals surface area (Å²) in [6.07, 6.45) is 11.0. The number of thiophene rings is 2. The maximum Gasteiger partial charge on any atom is 0.339 e. The molecule has 0 amide bonds. The third kappa shape index (κ3) is 16.9. The molecule has 6 aromatic heterocycles. The molecule has 1 fully saturated rings. The molecule has 1 aliphatic heterocycles. The molecule has 0 atom stereocenters. The SMILES string of the molecule is C.C1CCOC1.Cc1ccnc(-c2nc3ccccc3n2Cc2ccc(F)cc2F)c1.Fc1ccc(Cn2c(-c3cc(/C=C/c4cccs4)ccn3)nc3ccccc32)c(F)c1.O=Cc1cccs1.O=P(Cl)(Cl)Cl. The van der Waals surface area contributed by atoms with Gasteiger partial charge in [-0.05, 0) is 154 Å². The first-order valence-corrected chi connectivity index (χ1v) is 28.6. The lowest BCUT2D eigenvalue weighted by Crippen LogP contribution is -2.05. The molecule has 10 aromatic rings. The van der Waals surface area contributed by atoms with E-state index in [2.05, 4.69) is 60.8 Å². The van der Waals surface area contributed by atoms with Crippen molar-refractivity contribution in [2.24, 2.45) is 0 Å². The number of aryl methyl sites for hydroxylation is 1. The van der Waals surface area contributed by atoms with Gasteiger partial charge >= 0.3 is 5.20 Å². The van der Waals surface area contributed by atoms with Crippen LogP contribution < -0.4 is 0 Å². The fraction of sp³-hybridized carbons (Fsp3) is 0.145. The summed E-state index contributed by atoms with van der Waals surface area (Å²) in [5.74, 6) is -1.03. The predicted octanol–water partition coefficient (Wildman–Crippen LogP) is 17.2. The van der Waals surface area contributed by atoms with Crippen LogP contribution in [-0.2, 0) is 22.4 Å². The number of imidazole rings is 2. The summed E-state index contributed by atoms with van der Waals surface area (Å²) >= 11 is 17.0. The van der Waals surface area contributed by atoms with Gasteiger partial charge in [0.05, 0.1) is 40.0 Å². The van der Waals surface area contributed by atoms with Gasteiger partial charge < -0.3 is 13.9 Å². The lowest BCUT2D eigenvalue weighted by molar-refractivity contribution is 0.112. The van der Waals surface area contributed by atoms with Crippen molar-refractivity contribution >= 4 is 102 Å². The fourth-order valence-corrected chi connectivity index (χ4v) is 8.41. The van der Waals surface area contributed by atoms with E-state index in [0.717, 1.165) is 80.3 Å². The second-order valence-electron chi connectivity index (χ2n) is 15.9. The van der Waals surface area contributed by atoms with E-state index >= 15 is 0 Å². The van der Waals surface area contributed by atoms with Gasteiger partial charge in [-0.25, -0.2) is 27.5 Å². The molecule has 0 aliphatic carbocycles. The van der Waals surface area contributed by atoms with Crippen molar-refractivity contribution < 1.29 is 31.7 Å². The zero-order chi connectivity index (χ0) is 51.7. The van der Waals surface area contributed by atoms with E-state index in [-0.39, 0.29) is 20.5 Å². The smallest absolute Gasteiger partial charge is 0.339 e. The lowest BCUT2D eigenvalue weighted by atomic mass is 10.2. The molecule has 0 N–H and O–H groups in total. The molecule has 0 bridgehead atoms. The zero-order valence-electron chi connectivity index (χ0n) is 38.8. The molecule has 0 radical (unpaired) electrons. The number of pyridine rings is 2. The Morgan fingerprint density at radius 2 is 1.11 bits per heavy atom. The Labute approximate surface area is 448 Å². The van der Waals surface area contributed by atoms with Gasteiger partial charge in [0.25, 0.3) is 0 Å². The van der Waals surface area contributed by atoms with Crippen molar-refractivity contribution in [2.75, 3.05) is 13.2 Å². The molecule has 0 spiro atoms. The molecule has 7 heterocycles. The van der Waals surface area contributed by atoms with E-state index in [4.69, 9.17) is 9.72 Å². The van der Waals surface area contributed by atoms with Gasteiger partial charge in [0.15, 0.2) is 17.9 Å². The highest BCUT2D eigenvalue weighted by atomic mass is 36.0. The second kappa shape index (κ2) is 27.8. The van der Waals surface area contributed by atoms with Crippen LogP contribution in [0.15, 0.2) is 157 Å². The number of fused-ring (bicyclic) bond motifs is 2. The van der Waals surface area contributed by atoms with Gasteiger partial charge in [-0.15, -0.1) is 22.7 Å². The Bertz CT molecular complexity index is 3460. The van der Waals surface area contributed by atoms with Crippen LogP contribution in [0.3, 0.4) is 0 Å². The monoisotopic (exact) mass is 1120 g/mol. The molecule has 0 unspecified atom stereocenters. The Balaban J connectivity index is 0.000000183. The van der Waals surface area contributed by atoms with E-state index < -0.39 is 28.5 Å². The minimum Gasteiger partial charge on any atom is -0.381 e. The second-order valence-corrected chi connectivity index (χ2v) is 24.5. The molecule has 19 heteroatoms. The minimum absolute atomic E-state index is 0. The number of hydrogen-bond donors (Lipinski definition) is 0. The predicted molar refractivity (Wildman–Crippen MR) is 296 cm³/mol. The number of halogens is 7. The van der Waals surface area contributed by atoms with Gasteiger partial charge in [-0.3, -0.25) is 19.3 Å². The average Bonchev–Trinajstić information content (AvgIpc) is 4.25. The van der Waals surface area contributed by atoms with Crippen molar-refractivity contribution in [3.05, 3.63) is 212 Å². The normalized spacial score (nSPS) is 11.8. The molecule has 74 heavy (non-hydrogen) atoms. The number of benzene rings is 4. The Morgan fingerprint density at radius 1 is 0.622 bits per heavy atom. The first-order chi connectivity index (χ1) is 35.2. The molecule has 1 aliphatic rings. The molecule has 382 valence electrons. The molecule has 1 saturated heterocycles. The summed E-state index contributed by atoms with van der Waals surface area (Å²) < 4.78 is 73.4. The molecular weight excluding hydrogens is 1070 g/mol. The van der Waals surface area contributed by atoms with Gasteiger partial charge in [0.2, 0.25) is 0 Å². The third-order valence-electron chi connectivity index (χ3n) is 10.6.